The fourth-order valence-electron chi connectivity index (χ4n) is 2.47. The first-order chi connectivity index (χ1) is 9.99. The fraction of sp³-hybridized carbons (Fsp3) is 0.467. The molecule has 1 saturated heterocycles. The van der Waals surface area contributed by atoms with Crippen LogP contribution < -0.4 is 4.90 Å². The van der Waals surface area contributed by atoms with Crippen LogP contribution in [0.3, 0.4) is 0 Å². The summed E-state index contributed by atoms with van der Waals surface area (Å²) in [6, 6.07) is 4.96. The van der Waals surface area contributed by atoms with Gasteiger partial charge in [-0.2, -0.15) is 0 Å². The van der Waals surface area contributed by atoms with Gasteiger partial charge in [0.1, 0.15) is 0 Å². The molecule has 0 N–H and O–H groups in total. The molecule has 0 spiro atoms. The van der Waals surface area contributed by atoms with Crippen LogP contribution in [0.15, 0.2) is 18.2 Å². The first-order valence-electron chi connectivity index (χ1n) is 7.00. The van der Waals surface area contributed by atoms with E-state index >= 15 is 0 Å². The maximum absolute atomic E-state index is 12.1. The van der Waals surface area contributed by atoms with Crippen molar-refractivity contribution in [3.05, 3.63) is 28.2 Å². The Balaban J connectivity index is 2.07. The number of amides is 2. The third-order valence-electron chi connectivity index (χ3n) is 3.59. The lowest BCUT2D eigenvalue weighted by molar-refractivity contribution is -0.129. The van der Waals surface area contributed by atoms with E-state index in [0.29, 0.717) is 28.7 Å². The molecule has 0 aliphatic carbocycles. The molecule has 0 unspecified atom stereocenters. The molecule has 0 aromatic heterocycles. The molecular formula is C15H18Cl2N2O2. The van der Waals surface area contributed by atoms with Gasteiger partial charge in [-0.15, -0.1) is 0 Å². The van der Waals surface area contributed by atoms with Crippen LogP contribution >= 0.6 is 23.2 Å². The van der Waals surface area contributed by atoms with Crippen molar-refractivity contribution in [2.75, 3.05) is 24.5 Å². The van der Waals surface area contributed by atoms with Gasteiger partial charge in [0.15, 0.2) is 0 Å². The van der Waals surface area contributed by atoms with Crippen molar-refractivity contribution >= 4 is 40.7 Å². The number of benzene rings is 1. The summed E-state index contributed by atoms with van der Waals surface area (Å²) in [6.45, 7) is 3.40. The zero-order valence-electron chi connectivity index (χ0n) is 11.9. The van der Waals surface area contributed by atoms with Gasteiger partial charge >= 0.3 is 0 Å². The van der Waals surface area contributed by atoms with E-state index in [1.54, 1.807) is 18.2 Å². The number of likely N-dealkylation sites (tertiary alicyclic amines) is 1. The van der Waals surface area contributed by atoms with Crippen LogP contribution in [0.2, 0.25) is 10.0 Å². The number of rotatable bonds is 4. The predicted octanol–water partition coefficient (Wildman–Crippen LogP) is 3.36. The topological polar surface area (TPSA) is 40.6 Å². The summed E-state index contributed by atoms with van der Waals surface area (Å²) in [4.78, 5) is 27.3. The second kappa shape index (κ2) is 7.14. The van der Waals surface area contributed by atoms with Crippen molar-refractivity contribution in [2.45, 2.75) is 26.2 Å². The van der Waals surface area contributed by atoms with Crippen LogP contribution in [0, 0.1) is 0 Å². The first kappa shape index (κ1) is 16.1. The lowest BCUT2D eigenvalue weighted by atomic mass is 10.2. The third-order valence-corrected chi connectivity index (χ3v) is 4.14. The second-order valence-corrected chi connectivity index (χ2v) is 5.95. The highest BCUT2D eigenvalue weighted by Crippen LogP contribution is 2.29. The molecule has 1 aliphatic rings. The van der Waals surface area contributed by atoms with E-state index < -0.39 is 0 Å². The van der Waals surface area contributed by atoms with Gasteiger partial charge in [0.2, 0.25) is 11.8 Å². The molecule has 2 rings (SSSR count). The van der Waals surface area contributed by atoms with Crippen molar-refractivity contribution in [1.82, 2.24) is 4.90 Å². The Morgan fingerprint density at radius 3 is 2.52 bits per heavy atom. The number of halogens is 2. The van der Waals surface area contributed by atoms with Crippen LogP contribution in [-0.4, -0.2) is 36.3 Å². The zero-order chi connectivity index (χ0) is 15.4. The molecule has 0 saturated carbocycles. The van der Waals surface area contributed by atoms with E-state index in [1.807, 2.05) is 4.90 Å². The van der Waals surface area contributed by atoms with Gasteiger partial charge in [-0.3, -0.25) is 9.59 Å². The number of hydrogen-bond donors (Lipinski definition) is 0. The number of hydrogen-bond acceptors (Lipinski definition) is 2. The van der Waals surface area contributed by atoms with E-state index in [9.17, 15) is 9.59 Å². The summed E-state index contributed by atoms with van der Waals surface area (Å²) >= 11 is 12.1. The molecule has 0 bridgehead atoms. The summed E-state index contributed by atoms with van der Waals surface area (Å²) in [5.74, 6) is -0.0784. The van der Waals surface area contributed by atoms with E-state index in [-0.39, 0.29) is 11.8 Å². The molecule has 1 aromatic carbocycles. The molecule has 1 fully saturated rings. The minimum Gasteiger partial charge on any atom is -0.343 e. The zero-order valence-corrected chi connectivity index (χ0v) is 13.5. The van der Waals surface area contributed by atoms with Crippen molar-refractivity contribution in [2.24, 2.45) is 0 Å². The molecular weight excluding hydrogens is 311 g/mol. The highest BCUT2D eigenvalue weighted by molar-refractivity contribution is 6.35. The predicted molar refractivity (Wildman–Crippen MR) is 84.9 cm³/mol. The summed E-state index contributed by atoms with van der Waals surface area (Å²) in [6.07, 6.45) is 2.41. The molecule has 0 radical (unpaired) electrons. The molecule has 1 aliphatic heterocycles. The second-order valence-electron chi connectivity index (χ2n) is 5.10. The smallest absolute Gasteiger partial charge is 0.224 e. The van der Waals surface area contributed by atoms with E-state index in [4.69, 9.17) is 23.2 Å². The van der Waals surface area contributed by atoms with Crippen molar-refractivity contribution < 1.29 is 9.59 Å². The van der Waals surface area contributed by atoms with Gasteiger partial charge in [-0.1, -0.05) is 23.2 Å². The number of nitrogens with zero attached hydrogens (tertiary/aromatic N) is 2. The van der Waals surface area contributed by atoms with Gasteiger partial charge in [-0.05, 0) is 31.0 Å². The third kappa shape index (κ3) is 4.11. The Hall–Kier alpha value is -1.26. The Morgan fingerprint density at radius 2 is 1.90 bits per heavy atom. The largest absolute Gasteiger partial charge is 0.343 e. The molecule has 1 aromatic rings. The van der Waals surface area contributed by atoms with Crippen molar-refractivity contribution in [3.8, 4) is 0 Å². The Labute approximate surface area is 134 Å². The number of carbonyl (C=O) groups is 2. The van der Waals surface area contributed by atoms with Crippen LogP contribution in [0.1, 0.15) is 26.2 Å². The molecule has 6 heteroatoms. The normalized spacial score (nSPS) is 14.3. The van der Waals surface area contributed by atoms with Crippen molar-refractivity contribution in [1.29, 1.82) is 0 Å². The minimum absolute atomic E-state index is 0.0805. The summed E-state index contributed by atoms with van der Waals surface area (Å²) in [5, 5.41) is 0.953. The number of anilines is 1. The highest BCUT2D eigenvalue weighted by Gasteiger charge is 2.21. The SMILES string of the molecule is CC(=O)N(CCC(=O)N1CCCC1)c1cc(Cl)ccc1Cl. The Kier molecular flexibility index (Phi) is 5.48. The lowest BCUT2D eigenvalue weighted by Crippen LogP contribution is -2.35. The molecule has 114 valence electrons. The molecule has 21 heavy (non-hydrogen) atoms. The minimum atomic E-state index is -0.159. The van der Waals surface area contributed by atoms with Crippen LogP contribution in [0.4, 0.5) is 5.69 Å². The van der Waals surface area contributed by atoms with Crippen LogP contribution in [-0.2, 0) is 9.59 Å². The monoisotopic (exact) mass is 328 g/mol. The standard InChI is InChI=1S/C15H18Cl2N2O2/c1-11(20)19(14-10-12(16)4-5-13(14)17)9-6-15(21)18-7-2-3-8-18/h4-5,10H,2-3,6-9H2,1H3. The van der Waals surface area contributed by atoms with Gasteiger partial charge in [0.25, 0.3) is 0 Å². The van der Waals surface area contributed by atoms with Gasteiger partial charge in [-0.25, -0.2) is 0 Å². The molecule has 4 nitrogen and oxygen atoms in total. The molecule has 1 heterocycles. The van der Waals surface area contributed by atoms with E-state index in [0.717, 1.165) is 25.9 Å². The molecule has 0 atom stereocenters. The van der Waals surface area contributed by atoms with Crippen LogP contribution in [0.25, 0.3) is 0 Å². The van der Waals surface area contributed by atoms with Crippen LogP contribution in [0.5, 0.6) is 0 Å². The van der Waals surface area contributed by atoms with Crippen molar-refractivity contribution in [3.63, 3.8) is 0 Å². The maximum atomic E-state index is 12.1. The molecule has 2 amide bonds. The average Bonchev–Trinajstić information content (AvgIpc) is 2.96. The van der Waals surface area contributed by atoms with E-state index in [2.05, 4.69) is 0 Å². The summed E-state index contributed by atoms with van der Waals surface area (Å²) in [5.41, 5.74) is 0.547. The van der Waals surface area contributed by atoms with Gasteiger partial charge < -0.3 is 9.80 Å². The lowest BCUT2D eigenvalue weighted by Gasteiger charge is -2.24. The summed E-state index contributed by atoms with van der Waals surface area (Å²) < 4.78 is 0. The number of carbonyl (C=O) groups excluding carboxylic acids is 2. The Morgan fingerprint density at radius 1 is 1.24 bits per heavy atom. The average molecular weight is 329 g/mol. The van der Waals surface area contributed by atoms with E-state index in [1.165, 1.54) is 11.8 Å². The highest BCUT2D eigenvalue weighted by atomic mass is 35.5. The van der Waals surface area contributed by atoms with Gasteiger partial charge in [0.05, 0.1) is 10.7 Å². The fourth-order valence-corrected chi connectivity index (χ4v) is 2.86. The van der Waals surface area contributed by atoms with Gasteiger partial charge in [0, 0.05) is 38.0 Å². The summed E-state index contributed by atoms with van der Waals surface area (Å²) in [7, 11) is 0. The first-order valence-corrected chi connectivity index (χ1v) is 7.75. The quantitative estimate of drug-likeness (QED) is 0.850. The Bertz CT molecular complexity index is 542. The maximum Gasteiger partial charge on any atom is 0.224 e.